The Balaban J connectivity index is 0.00000280. The summed E-state index contributed by atoms with van der Waals surface area (Å²) in [4.78, 5) is 0. The lowest BCUT2D eigenvalue weighted by Gasteiger charge is -2.15. The lowest BCUT2D eigenvalue weighted by Crippen LogP contribution is -2.20. The summed E-state index contributed by atoms with van der Waals surface area (Å²) in [6.45, 7) is 0.672. The zero-order chi connectivity index (χ0) is 19.4. The van der Waals surface area contributed by atoms with E-state index in [9.17, 15) is 13.9 Å². The van der Waals surface area contributed by atoms with Crippen LogP contribution in [0.1, 0.15) is 22.9 Å². The van der Waals surface area contributed by atoms with E-state index < -0.39 is 6.23 Å². The van der Waals surface area contributed by atoms with Gasteiger partial charge in [-0.2, -0.15) is 0 Å². The van der Waals surface area contributed by atoms with E-state index in [4.69, 9.17) is 5.73 Å². The minimum Gasteiger partial charge on any atom is -0.374 e. The van der Waals surface area contributed by atoms with Gasteiger partial charge in [0.1, 0.15) is 17.9 Å². The Kier molecular flexibility index (Phi) is 8.10. The van der Waals surface area contributed by atoms with Gasteiger partial charge in [0.15, 0.2) is 0 Å². The van der Waals surface area contributed by atoms with Gasteiger partial charge in [0, 0.05) is 18.7 Å². The van der Waals surface area contributed by atoms with Crippen molar-refractivity contribution in [2.75, 3.05) is 0 Å². The second-order valence-corrected chi connectivity index (χ2v) is 7.03. The van der Waals surface area contributed by atoms with E-state index >= 15 is 0 Å². The molecule has 1 unspecified atom stereocenters. The van der Waals surface area contributed by atoms with Crippen molar-refractivity contribution in [1.82, 2.24) is 5.32 Å². The quantitative estimate of drug-likeness (QED) is 0.443. The number of halogens is 4. The van der Waals surface area contributed by atoms with Gasteiger partial charge in [0.2, 0.25) is 0 Å². The van der Waals surface area contributed by atoms with E-state index in [-0.39, 0.29) is 24.0 Å². The van der Waals surface area contributed by atoms with E-state index in [1.165, 1.54) is 12.1 Å². The topological polar surface area (TPSA) is 58.3 Å². The summed E-state index contributed by atoms with van der Waals surface area (Å²) < 4.78 is 27.9. The summed E-state index contributed by atoms with van der Waals surface area (Å²) in [6, 6.07) is 16.5. The van der Waals surface area contributed by atoms with Crippen LogP contribution in [0, 0.1) is 11.6 Å². The highest BCUT2D eigenvalue weighted by molar-refractivity contribution is 9.10. The van der Waals surface area contributed by atoms with Crippen molar-refractivity contribution < 1.29 is 13.9 Å². The molecular weight excluding hydrogens is 450 g/mol. The highest BCUT2D eigenvalue weighted by Gasteiger charge is 2.11. The SMILES string of the molecule is Cl.NCc1ccc(F)c(-c2cccc(C(O)NCc3ccc(F)c(Br)c3)c2)c1. The highest BCUT2D eigenvalue weighted by atomic mass is 79.9. The molecule has 0 aliphatic heterocycles. The fourth-order valence-electron chi connectivity index (χ4n) is 2.78. The highest BCUT2D eigenvalue weighted by Crippen LogP contribution is 2.26. The molecule has 0 saturated heterocycles. The van der Waals surface area contributed by atoms with E-state index in [0.717, 1.165) is 11.1 Å². The first-order valence-electron chi connectivity index (χ1n) is 8.42. The Morgan fingerprint density at radius 2 is 1.68 bits per heavy atom. The maximum absolute atomic E-state index is 14.2. The van der Waals surface area contributed by atoms with Gasteiger partial charge in [-0.15, -0.1) is 12.4 Å². The molecule has 0 radical (unpaired) electrons. The molecule has 0 saturated carbocycles. The summed E-state index contributed by atoms with van der Waals surface area (Å²) in [7, 11) is 0. The Morgan fingerprint density at radius 3 is 2.39 bits per heavy atom. The molecule has 0 aliphatic carbocycles. The van der Waals surface area contributed by atoms with Crippen LogP contribution in [0.3, 0.4) is 0 Å². The molecule has 0 amide bonds. The molecule has 0 aromatic heterocycles. The minimum absolute atomic E-state index is 0. The van der Waals surface area contributed by atoms with Gasteiger partial charge in [0.05, 0.1) is 4.47 Å². The zero-order valence-electron chi connectivity index (χ0n) is 14.8. The predicted octanol–water partition coefficient (Wildman–Crippen LogP) is 5.06. The van der Waals surface area contributed by atoms with Crippen molar-refractivity contribution in [3.63, 3.8) is 0 Å². The van der Waals surface area contributed by atoms with Gasteiger partial charge >= 0.3 is 0 Å². The minimum atomic E-state index is -0.950. The first-order chi connectivity index (χ1) is 13.0. The molecule has 28 heavy (non-hydrogen) atoms. The third-order valence-electron chi connectivity index (χ3n) is 4.26. The number of aliphatic hydroxyl groups is 1. The van der Waals surface area contributed by atoms with Gasteiger partial charge in [-0.05, 0) is 68.5 Å². The molecular formula is C21H20BrClF2N2O. The molecule has 0 aliphatic rings. The molecule has 0 bridgehead atoms. The summed E-state index contributed by atoms with van der Waals surface area (Å²) in [5.74, 6) is -0.684. The Labute approximate surface area is 177 Å². The molecule has 4 N–H and O–H groups in total. The van der Waals surface area contributed by atoms with Crippen LogP contribution in [-0.4, -0.2) is 5.11 Å². The Hall–Kier alpha value is -1.83. The molecule has 0 heterocycles. The second-order valence-electron chi connectivity index (χ2n) is 6.18. The third-order valence-corrected chi connectivity index (χ3v) is 4.87. The molecule has 0 fully saturated rings. The van der Waals surface area contributed by atoms with Crippen LogP contribution in [0.2, 0.25) is 0 Å². The van der Waals surface area contributed by atoms with E-state index in [0.29, 0.717) is 34.3 Å². The Morgan fingerprint density at radius 1 is 0.964 bits per heavy atom. The van der Waals surface area contributed by atoms with E-state index in [1.54, 1.807) is 48.5 Å². The average molecular weight is 470 g/mol. The first kappa shape index (κ1) is 22.5. The molecule has 3 rings (SSSR count). The summed E-state index contributed by atoms with van der Waals surface area (Å²) in [5, 5.41) is 13.4. The largest absolute Gasteiger partial charge is 0.374 e. The van der Waals surface area contributed by atoms with Crippen LogP contribution >= 0.6 is 28.3 Å². The smallest absolute Gasteiger partial charge is 0.137 e. The lowest BCUT2D eigenvalue weighted by molar-refractivity contribution is 0.137. The Bertz CT molecular complexity index is 955. The fourth-order valence-corrected chi connectivity index (χ4v) is 3.21. The number of hydrogen-bond donors (Lipinski definition) is 3. The maximum Gasteiger partial charge on any atom is 0.137 e. The van der Waals surface area contributed by atoms with E-state index in [1.807, 2.05) is 0 Å². The van der Waals surface area contributed by atoms with Crippen LogP contribution in [0.5, 0.6) is 0 Å². The molecule has 0 spiro atoms. The van der Waals surface area contributed by atoms with E-state index in [2.05, 4.69) is 21.2 Å². The normalized spacial score (nSPS) is 11.8. The number of nitrogens with two attached hydrogens (primary N) is 1. The number of benzene rings is 3. The number of hydrogen-bond acceptors (Lipinski definition) is 3. The van der Waals surface area contributed by atoms with Gasteiger partial charge in [0.25, 0.3) is 0 Å². The van der Waals surface area contributed by atoms with Crippen molar-refractivity contribution in [1.29, 1.82) is 0 Å². The summed E-state index contributed by atoms with van der Waals surface area (Å²) in [5.41, 5.74) is 8.99. The summed E-state index contributed by atoms with van der Waals surface area (Å²) in [6.07, 6.45) is -0.950. The lowest BCUT2D eigenvalue weighted by atomic mass is 10.00. The van der Waals surface area contributed by atoms with Crippen LogP contribution in [-0.2, 0) is 13.1 Å². The zero-order valence-corrected chi connectivity index (χ0v) is 17.2. The van der Waals surface area contributed by atoms with Crippen molar-refractivity contribution >= 4 is 28.3 Å². The molecule has 148 valence electrons. The van der Waals surface area contributed by atoms with Gasteiger partial charge < -0.3 is 10.8 Å². The standard InChI is InChI=1S/C21H19BrF2N2O.ClH/c22-18-9-14(5-7-20(18)24)12-26-21(27)16-3-1-2-15(10-16)17-8-13(11-25)4-6-19(17)23;/h1-10,21,26-27H,11-12,25H2;1H. The van der Waals surface area contributed by atoms with Crippen molar-refractivity contribution in [2.24, 2.45) is 5.73 Å². The van der Waals surface area contributed by atoms with Crippen LogP contribution in [0.15, 0.2) is 65.1 Å². The molecule has 7 heteroatoms. The van der Waals surface area contributed by atoms with Gasteiger partial charge in [-0.25, -0.2) is 8.78 Å². The van der Waals surface area contributed by atoms with Crippen molar-refractivity contribution in [3.05, 3.63) is 93.5 Å². The van der Waals surface area contributed by atoms with Crippen LogP contribution in [0.4, 0.5) is 8.78 Å². The summed E-state index contributed by atoms with van der Waals surface area (Å²) >= 11 is 3.14. The average Bonchev–Trinajstić information content (AvgIpc) is 2.69. The number of rotatable bonds is 6. The first-order valence-corrected chi connectivity index (χ1v) is 9.21. The van der Waals surface area contributed by atoms with Gasteiger partial charge in [-0.1, -0.05) is 30.3 Å². The molecule has 1 atom stereocenters. The van der Waals surface area contributed by atoms with Crippen molar-refractivity contribution in [2.45, 2.75) is 19.3 Å². The fraction of sp³-hybridized carbons (Fsp3) is 0.143. The third kappa shape index (κ3) is 5.37. The van der Waals surface area contributed by atoms with Crippen LogP contribution < -0.4 is 11.1 Å². The predicted molar refractivity (Wildman–Crippen MR) is 113 cm³/mol. The van der Waals surface area contributed by atoms with Gasteiger partial charge in [-0.3, -0.25) is 5.32 Å². The van der Waals surface area contributed by atoms with Crippen molar-refractivity contribution in [3.8, 4) is 11.1 Å². The molecule has 3 aromatic rings. The maximum atomic E-state index is 14.2. The number of aliphatic hydroxyl groups excluding tert-OH is 1. The second kappa shape index (κ2) is 10.1. The monoisotopic (exact) mass is 468 g/mol. The van der Waals surface area contributed by atoms with Crippen LogP contribution in [0.25, 0.3) is 11.1 Å². The molecule has 3 nitrogen and oxygen atoms in total. The molecule has 3 aromatic carbocycles. The number of nitrogens with one attached hydrogen (secondary N) is 1.